The lowest BCUT2D eigenvalue weighted by molar-refractivity contribution is 0.355. The van der Waals surface area contributed by atoms with E-state index < -0.39 is 0 Å². The molecule has 1 unspecified atom stereocenters. The van der Waals surface area contributed by atoms with Crippen molar-refractivity contribution in [3.05, 3.63) is 18.2 Å². The number of benzene rings is 1. The van der Waals surface area contributed by atoms with Crippen molar-refractivity contribution in [1.82, 2.24) is 0 Å². The van der Waals surface area contributed by atoms with Gasteiger partial charge in [-0.3, -0.25) is 4.99 Å². The minimum atomic E-state index is 0. The van der Waals surface area contributed by atoms with Gasteiger partial charge in [0.05, 0.1) is 20.8 Å². The highest BCUT2D eigenvalue weighted by Crippen LogP contribution is 2.29. The Labute approximate surface area is 147 Å². The first kappa shape index (κ1) is 18.2. The number of nitrogens with two attached hydrogens (primary N) is 1. The van der Waals surface area contributed by atoms with E-state index in [0.717, 1.165) is 12.2 Å². The Morgan fingerprint density at radius 3 is 2.76 bits per heavy atom. The highest BCUT2D eigenvalue weighted by Gasteiger charge is 2.14. The summed E-state index contributed by atoms with van der Waals surface area (Å²) in [6.07, 6.45) is 2.52. The van der Waals surface area contributed by atoms with E-state index in [-0.39, 0.29) is 24.0 Å². The molecule has 118 valence electrons. The number of guanidine groups is 1. The minimum Gasteiger partial charge on any atom is -0.493 e. The predicted octanol–water partition coefficient (Wildman–Crippen LogP) is 2.94. The molecular weight excluding hydrogens is 401 g/mol. The van der Waals surface area contributed by atoms with Gasteiger partial charge in [-0.15, -0.1) is 24.0 Å². The van der Waals surface area contributed by atoms with Gasteiger partial charge in [-0.2, -0.15) is 11.8 Å². The SMILES string of the molecule is COc1ccc(NC(N)=NCC2CCCS2)cc1OC.I. The summed E-state index contributed by atoms with van der Waals surface area (Å²) < 4.78 is 10.4. The lowest BCUT2D eigenvalue weighted by Gasteiger charge is -2.11. The number of hydrogen-bond donors (Lipinski definition) is 2. The molecule has 1 aliphatic heterocycles. The van der Waals surface area contributed by atoms with Crippen molar-refractivity contribution in [2.45, 2.75) is 18.1 Å². The van der Waals surface area contributed by atoms with E-state index in [2.05, 4.69) is 10.3 Å². The van der Waals surface area contributed by atoms with Gasteiger partial charge >= 0.3 is 0 Å². The van der Waals surface area contributed by atoms with E-state index in [1.54, 1.807) is 14.2 Å². The molecule has 1 aliphatic rings. The Bertz CT molecular complexity index is 479. The lowest BCUT2D eigenvalue weighted by Crippen LogP contribution is -2.24. The second-order valence-electron chi connectivity index (χ2n) is 4.56. The van der Waals surface area contributed by atoms with Gasteiger partial charge in [0, 0.05) is 17.0 Å². The Balaban J connectivity index is 0.00000220. The van der Waals surface area contributed by atoms with Crippen molar-refractivity contribution in [3.63, 3.8) is 0 Å². The summed E-state index contributed by atoms with van der Waals surface area (Å²) in [6, 6.07) is 5.56. The van der Waals surface area contributed by atoms with Gasteiger partial charge in [-0.1, -0.05) is 0 Å². The zero-order valence-electron chi connectivity index (χ0n) is 12.3. The van der Waals surface area contributed by atoms with E-state index in [1.165, 1.54) is 18.6 Å². The lowest BCUT2D eigenvalue weighted by atomic mass is 10.2. The van der Waals surface area contributed by atoms with Gasteiger partial charge in [0.25, 0.3) is 0 Å². The number of halogens is 1. The van der Waals surface area contributed by atoms with Crippen molar-refractivity contribution in [2.24, 2.45) is 10.7 Å². The molecule has 0 spiro atoms. The van der Waals surface area contributed by atoms with E-state index in [9.17, 15) is 0 Å². The van der Waals surface area contributed by atoms with Gasteiger partial charge in [-0.25, -0.2) is 0 Å². The molecule has 1 aromatic carbocycles. The molecule has 0 aromatic heterocycles. The normalized spacial score (nSPS) is 18.0. The van der Waals surface area contributed by atoms with Crippen molar-refractivity contribution in [3.8, 4) is 11.5 Å². The second-order valence-corrected chi connectivity index (χ2v) is 5.96. The third-order valence-corrected chi connectivity index (χ3v) is 4.53. The van der Waals surface area contributed by atoms with Crippen LogP contribution in [0.3, 0.4) is 0 Å². The van der Waals surface area contributed by atoms with Gasteiger partial charge in [0.15, 0.2) is 17.5 Å². The van der Waals surface area contributed by atoms with Crippen LogP contribution in [0, 0.1) is 0 Å². The van der Waals surface area contributed by atoms with Crippen LogP contribution in [-0.4, -0.2) is 37.7 Å². The summed E-state index contributed by atoms with van der Waals surface area (Å²) in [5.41, 5.74) is 6.74. The fourth-order valence-electron chi connectivity index (χ4n) is 2.09. The number of aliphatic imine (C=N–C) groups is 1. The van der Waals surface area contributed by atoms with Crippen LogP contribution in [0.15, 0.2) is 23.2 Å². The molecule has 0 amide bonds. The monoisotopic (exact) mass is 423 g/mol. The topological polar surface area (TPSA) is 68.9 Å². The van der Waals surface area contributed by atoms with Crippen LogP contribution in [-0.2, 0) is 0 Å². The summed E-state index contributed by atoms with van der Waals surface area (Å²) in [7, 11) is 3.22. The van der Waals surface area contributed by atoms with Crippen molar-refractivity contribution < 1.29 is 9.47 Å². The summed E-state index contributed by atoms with van der Waals surface area (Å²) >= 11 is 1.97. The molecule has 0 bridgehead atoms. The standard InChI is InChI=1S/C14H21N3O2S.HI/c1-18-12-6-5-10(8-13(12)19-2)17-14(15)16-9-11-4-3-7-20-11;/h5-6,8,11H,3-4,7,9H2,1-2H3,(H3,15,16,17);1H. The molecule has 1 atom stereocenters. The third kappa shape index (κ3) is 5.46. The minimum absolute atomic E-state index is 0. The van der Waals surface area contributed by atoms with Crippen LogP contribution in [0.1, 0.15) is 12.8 Å². The maximum atomic E-state index is 5.90. The smallest absolute Gasteiger partial charge is 0.193 e. The summed E-state index contributed by atoms with van der Waals surface area (Å²) in [6.45, 7) is 0.775. The molecular formula is C14H22IN3O2S. The first-order valence-electron chi connectivity index (χ1n) is 6.63. The number of nitrogens with one attached hydrogen (secondary N) is 1. The van der Waals surface area contributed by atoms with Crippen LogP contribution in [0.4, 0.5) is 5.69 Å². The van der Waals surface area contributed by atoms with Crippen molar-refractivity contribution in [1.29, 1.82) is 0 Å². The van der Waals surface area contributed by atoms with Crippen LogP contribution in [0.25, 0.3) is 0 Å². The molecule has 1 fully saturated rings. The van der Waals surface area contributed by atoms with Gasteiger partial charge in [-0.05, 0) is 30.7 Å². The van der Waals surface area contributed by atoms with E-state index >= 15 is 0 Å². The number of anilines is 1. The average Bonchev–Trinajstić information content (AvgIpc) is 2.98. The largest absolute Gasteiger partial charge is 0.493 e. The Hall–Kier alpha value is -0.830. The summed E-state index contributed by atoms with van der Waals surface area (Å²) in [5, 5.41) is 3.69. The van der Waals surface area contributed by atoms with Gasteiger partial charge in [0.1, 0.15) is 0 Å². The average molecular weight is 423 g/mol. The summed E-state index contributed by atoms with van der Waals surface area (Å²) in [4.78, 5) is 4.39. The fourth-order valence-corrected chi connectivity index (χ4v) is 3.27. The highest BCUT2D eigenvalue weighted by atomic mass is 127. The van der Waals surface area contributed by atoms with Gasteiger partial charge in [0.2, 0.25) is 0 Å². The molecule has 1 saturated heterocycles. The molecule has 0 radical (unpaired) electrons. The molecule has 0 aliphatic carbocycles. The van der Waals surface area contributed by atoms with E-state index in [1.807, 2.05) is 30.0 Å². The van der Waals surface area contributed by atoms with Crippen LogP contribution >= 0.6 is 35.7 Å². The third-order valence-electron chi connectivity index (χ3n) is 3.15. The number of nitrogens with zero attached hydrogens (tertiary/aromatic N) is 1. The molecule has 0 saturated carbocycles. The second kappa shape index (κ2) is 9.24. The van der Waals surface area contributed by atoms with E-state index in [4.69, 9.17) is 15.2 Å². The number of rotatable bonds is 5. The molecule has 7 heteroatoms. The van der Waals surface area contributed by atoms with Crippen LogP contribution in [0.2, 0.25) is 0 Å². The van der Waals surface area contributed by atoms with Gasteiger partial charge < -0.3 is 20.5 Å². The fraction of sp³-hybridized carbons (Fsp3) is 0.500. The van der Waals surface area contributed by atoms with Crippen molar-refractivity contribution in [2.75, 3.05) is 31.8 Å². The predicted molar refractivity (Wildman–Crippen MR) is 101 cm³/mol. The number of thioether (sulfide) groups is 1. The van der Waals surface area contributed by atoms with E-state index in [0.29, 0.717) is 22.7 Å². The quantitative estimate of drug-likeness (QED) is 0.433. The maximum absolute atomic E-state index is 5.90. The maximum Gasteiger partial charge on any atom is 0.193 e. The number of ether oxygens (including phenoxy) is 2. The van der Waals surface area contributed by atoms with Crippen LogP contribution < -0.4 is 20.5 Å². The number of methoxy groups -OCH3 is 2. The number of hydrogen-bond acceptors (Lipinski definition) is 4. The first-order chi connectivity index (χ1) is 9.72. The molecule has 5 nitrogen and oxygen atoms in total. The summed E-state index contributed by atoms with van der Waals surface area (Å²) in [5.74, 6) is 3.03. The Morgan fingerprint density at radius 2 is 2.14 bits per heavy atom. The zero-order valence-corrected chi connectivity index (χ0v) is 15.4. The molecule has 3 N–H and O–H groups in total. The molecule has 1 heterocycles. The molecule has 2 rings (SSSR count). The first-order valence-corrected chi connectivity index (χ1v) is 7.68. The Morgan fingerprint density at radius 1 is 1.38 bits per heavy atom. The zero-order chi connectivity index (χ0) is 14.4. The highest BCUT2D eigenvalue weighted by molar-refractivity contribution is 14.0. The molecule has 1 aromatic rings. The Kier molecular flexibility index (Phi) is 8.02. The van der Waals surface area contributed by atoms with Crippen molar-refractivity contribution >= 4 is 47.4 Å². The molecule has 21 heavy (non-hydrogen) atoms. The van der Waals surface area contributed by atoms with Crippen LogP contribution in [0.5, 0.6) is 11.5 Å².